The number of carbonyl (C=O) groups is 2. The van der Waals surface area contributed by atoms with Crippen molar-refractivity contribution < 1.29 is 19.1 Å². The molecule has 0 unspecified atom stereocenters. The highest BCUT2D eigenvalue weighted by Crippen LogP contribution is 2.28. The third-order valence-corrected chi connectivity index (χ3v) is 5.41. The monoisotopic (exact) mass is 488 g/mol. The van der Waals surface area contributed by atoms with Crippen molar-refractivity contribution in [2.24, 2.45) is 5.10 Å². The minimum Gasteiger partial charge on any atom is -0.490 e. The number of hydrogen-bond donors (Lipinski definition) is 3. The zero-order chi connectivity index (χ0) is 25.9. The maximum Gasteiger partial charge on any atom is 0.262 e. The van der Waals surface area contributed by atoms with E-state index in [-0.39, 0.29) is 25.0 Å². The van der Waals surface area contributed by atoms with Crippen molar-refractivity contribution in [2.45, 2.75) is 27.7 Å². The van der Waals surface area contributed by atoms with Gasteiger partial charge in [-0.05, 0) is 86.3 Å². The van der Waals surface area contributed by atoms with Crippen LogP contribution >= 0.6 is 0 Å². The Hall–Kier alpha value is -4.33. The quantitative estimate of drug-likeness (QED) is 0.271. The molecule has 0 saturated heterocycles. The highest BCUT2D eigenvalue weighted by molar-refractivity contribution is 5.92. The van der Waals surface area contributed by atoms with Gasteiger partial charge in [-0.25, -0.2) is 5.43 Å². The Morgan fingerprint density at radius 3 is 2.42 bits per heavy atom. The van der Waals surface area contributed by atoms with Crippen molar-refractivity contribution in [3.05, 3.63) is 82.9 Å². The number of nitrogens with zero attached hydrogens (tertiary/aromatic N) is 1. The summed E-state index contributed by atoms with van der Waals surface area (Å²) in [6.45, 7) is 8.21. The zero-order valence-corrected chi connectivity index (χ0v) is 21.1. The molecule has 0 spiro atoms. The lowest BCUT2D eigenvalue weighted by atomic mass is 10.1. The molecule has 0 saturated carbocycles. The summed E-state index contributed by atoms with van der Waals surface area (Å²) >= 11 is 0. The van der Waals surface area contributed by atoms with Gasteiger partial charge in [-0.3, -0.25) is 9.59 Å². The first-order valence-electron chi connectivity index (χ1n) is 11.7. The van der Waals surface area contributed by atoms with E-state index in [1.165, 1.54) is 11.8 Å². The second-order valence-corrected chi connectivity index (χ2v) is 8.24. The van der Waals surface area contributed by atoms with Gasteiger partial charge in [0.15, 0.2) is 18.1 Å². The fraction of sp³-hybridized carbons (Fsp3) is 0.250. The number of hydrogen-bond acceptors (Lipinski definition) is 6. The summed E-state index contributed by atoms with van der Waals surface area (Å²) in [5.41, 5.74) is 8.15. The first-order chi connectivity index (χ1) is 17.4. The van der Waals surface area contributed by atoms with Crippen molar-refractivity contribution in [1.29, 1.82) is 0 Å². The average molecular weight is 489 g/mol. The van der Waals surface area contributed by atoms with Crippen LogP contribution in [0.3, 0.4) is 0 Å². The number of anilines is 2. The number of para-hydroxylation sites is 1. The molecule has 3 aromatic rings. The molecule has 0 aliphatic rings. The summed E-state index contributed by atoms with van der Waals surface area (Å²) in [5.74, 6) is 0.382. The molecule has 0 atom stereocenters. The van der Waals surface area contributed by atoms with E-state index in [2.05, 4.69) is 21.2 Å². The molecule has 0 heterocycles. The second kappa shape index (κ2) is 12.9. The minimum absolute atomic E-state index is 0.0986. The Labute approximate surface area is 211 Å². The molecule has 0 aliphatic heterocycles. The Morgan fingerprint density at radius 1 is 0.861 bits per heavy atom. The van der Waals surface area contributed by atoms with E-state index in [9.17, 15) is 9.59 Å². The van der Waals surface area contributed by atoms with Crippen molar-refractivity contribution in [2.75, 3.05) is 30.4 Å². The van der Waals surface area contributed by atoms with Gasteiger partial charge < -0.3 is 20.1 Å². The van der Waals surface area contributed by atoms with Gasteiger partial charge in [-0.2, -0.15) is 5.10 Å². The summed E-state index contributed by atoms with van der Waals surface area (Å²) < 4.78 is 11.4. The summed E-state index contributed by atoms with van der Waals surface area (Å²) in [6.07, 6.45) is 1.52. The average Bonchev–Trinajstić information content (AvgIpc) is 2.86. The predicted octanol–water partition coefficient (Wildman–Crippen LogP) is 4.59. The van der Waals surface area contributed by atoms with Gasteiger partial charge >= 0.3 is 0 Å². The Bertz CT molecular complexity index is 1240. The molecule has 2 amide bonds. The summed E-state index contributed by atoms with van der Waals surface area (Å²) in [4.78, 5) is 24.4. The lowest BCUT2D eigenvalue weighted by Gasteiger charge is -2.13. The smallest absolute Gasteiger partial charge is 0.262 e. The molecular weight excluding hydrogens is 456 g/mol. The molecule has 0 bridgehead atoms. The molecule has 3 N–H and O–H groups in total. The maximum atomic E-state index is 12.3. The van der Waals surface area contributed by atoms with Gasteiger partial charge in [0.1, 0.15) is 0 Å². The number of hydrazone groups is 1. The van der Waals surface area contributed by atoms with Crippen molar-refractivity contribution in [3.63, 3.8) is 0 Å². The lowest BCUT2D eigenvalue weighted by Crippen LogP contribution is -2.25. The molecule has 8 heteroatoms. The number of aryl methyl sites for hydroxylation is 3. The van der Waals surface area contributed by atoms with E-state index in [0.717, 1.165) is 22.5 Å². The SMILES string of the molecule is CCOc1cc(/C=N\NC(=O)CNc2ccc(C)c(C)c2)ccc1OCC(=O)Nc1ccccc1C. The maximum absolute atomic E-state index is 12.3. The molecule has 0 aromatic heterocycles. The molecule has 8 nitrogen and oxygen atoms in total. The second-order valence-electron chi connectivity index (χ2n) is 8.24. The van der Waals surface area contributed by atoms with Gasteiger partial charge in [0.25, 0.3) is 11.8 Å². The van der Waals surface area contributed by atoms with Crippen LogP contribution in [-0.4, -0.2) is 37.8 Å². The third-order valence-electron chi connectivity index (χ3n) is 5.41. The van der Waals surface area contributed by atoms with Crippen LogP contribution in [0.15, 0.2) is 65.8 Å². The first kappa shape index (κ1) is 26.3. The van der Waals surface area contributed by atoms with Crippen LogP contribution in [0.1, 0.15) is 29.2 Å². The summed E-state index contributed by atoms with van der Waals surface area (Å²) in [7, 11) is 0. The van der Waals surface area contributed by atoms with Gasteiger partial charge in [0.2, 0.25) is 0 Å². The number of rotatable bonds is 11. The lowest BCUT2D eigenvalue weighted by molar-refractivity contribution is -0.119. The largest absolute Gasteiger partial charge is 0.490 e. The van der Waals surface area contributed by atoms with Crippen LogP contribution < -0.4 is 25.5 Å². The van der Waals surface area contributed by atoms with Crippen LogP contribution in [0.5, 0.6) is 11.5 Å². The predicted molar refractivity (Wildman–Crippen MR) is 143 cm³/mol. The fourth-order valence-electron chi connectivity index (χ4n) is 3.29. The molecule has 0 aliphatic carbocycles. The fourth-order valence-corrected chi connectivity index (χ4v) is 3.29. The summed E-state index contributed by atoms with van der Waals surface area (Å²) in [5, 5.41) is 9.94. The molecule has 3 rings (SSSR count). The molecule has 188 valence electrons. The normalized spacial score (nSPS) is 10.7. The highest BCUT2D eigenvalue weighted by atomic mass is 16.5. The Morgan fingerprint density at radius 2 is 1.67 bits per heavy atom. The van der Waals surface area contributed by atoms with Crippen LogP contribution in [0.2, 0.25) is 0 Å². The first-order valence-corrected chi connectivity index (χ1v) is 11.7. The van der Waals surface area contributed by atoms with Crippen LogP contribution in [-0.2, 0) is 9.59 Å². The molecule has 36 heavy (non-hydrogen) atoms. The molecule has 0 radical (unpaired) electrons. The van der Waals surface area contributed by atoms with Gasteiger partial charge in [-0.15, -0.1) is 0 Å². The van der Waals surface area contributed by atoms with E-state index >= 15 is 0 Å². The third kappa shape index (κ3) is 7.87. The van der Waals surface area contributed by atoms with E-state index in [0.29, 0.717) is 23.7 Å². The van der Waals surface area contributed by atoms with E-state index in [1.807, 2.05) is 70.2 Å². The minimum atomic E-state index is -0.269. The standard InChI is InChI=1S/C28H32N4O4/c1-5-35-26-15-22(16-30-32-27(33)17-29-23-12-10-19(2)21(4)14-23)11-13-25(26)36-18-28(34)31-24-9-7-6-8-20(24)3/h6-16,29H,5,17-18H2,1-4H3,(H,31,34)(H,32,33)/b30-16-. The number of amides is 2. The van der Waals surface area contributed by atoms with Gasteiger partial charge in [0.05, 0.1) is 19.4 Å². The Balaban J connectivity index is 1.52. The highest BCUT2D eigenvalue weighted by Gasteiger charge is 2.10. The van der Waals surface area contributed by atoms with Crippen molar-refractivity contribution in [3.8, 4) is 11.5 Å². The summed E-state index contributed by atoms with van der Waals surface area (Å²) in [6, 6.07) is 18.7. The van der Waals surface area contributed by atoms with Crippen LogP contribution in [0.25, 0.3) is 0 Å². The molecular formula is C28H32N4O4. The number of ether oxygens (including phenoxy) is 2. The number of nitrogens with one attached hydrogen (secondary N) is 3. The van der Waals surface area contributed by atoms with E-state index in [4.69, 9.17) is 9.47 Å². The number of benzene rings is 3. The van der Waals surface area contributed by atoms with Crippen molar-refractivity contribution in [1.82, 2.24) is 5.43 Å². The number of carbonyl (C=O) groups excluding carboxylic acids is 2. The molecule has 0 fully saturated rings. The van der Waals surface area contributed by atoms with Crippen LogP contribution in [0.4, 0.5) is 11.4 Å². The van der Waals surface area contributed by atoms with E-state index in [1.54, 1.807) is 18.2 Å². The van der Waals surface area contributed by atoms with Gasteiger partial charge in [-0.1, -0.05) is 24.3 Å². The van der Waals surface area contributed by atoms with E-state index < -0.39 is 0 Å². The Kier molecular flexibility index (Phi) is 9.45. The van der Waals surface area contributed by atoms with Gasteiger partial charge in [0, 0.05) is 11.4 Å². The zero-order valence-electron chi connectivity index (χ0n) is 21.1. The van der Waals surface area contributed by atoms with Crippen LogP contribution in [0, 0.1) is 20.8 Å². The van der Waals surface area contributed by atoms with Crippen molar-refractivity contribution >= 4 is 29.4 Å². The topological polar surface area (TPSA) is 101 Å². The molecule has 3 aromatic carbocycles.